The van der Waals surface area contributed by atoms with Crippen molar-refractivity contribution in [3.8, 4) is 0 Å². The summed E-state index contributed by atoms with van der Waals surface area (Å²) in [5.41, 5.74) is 0. The summed E-state index contributed by atoms with van der Waals surface area (Å²) in [7, 11) is 0. The fraction of sp³-hybridized carbons (Fsp3) is 0.636. The van der Waals surface area contributed by atoms with Crippen LogP contribution in [0.5, 0.6) is 0 Å². The van der Waals surface area contributed by atoms with Crippen molar-refractivity contribution in [2.45, 2.75) is 32.7 Å². The Morgan fingerprint density at radius 3 is 2.78 bits per heavy atom. The highest BCUT2D eigenvalue weighted by Crippen LogP contribution is 2.08. The summed E-state index contributed by atoms with van der Waals surface area (Å²) in [6.45, 7) is 3.59. The van der Waals surface area contributed by atoms with Gasteiger partial charge in [0.2, 0.25) is 11.8 Å². The average molecular weight is 251 g/mol. The van der Waals surface area contributed by atoms with Gasteiger partial charge in [-0.15, -0.1) is 5.10 Å². The van der Waals surface area contributed by atoms with E-state index < -0.39 is 0 Å². The maximum atomic E-state index is 11.9. The van der Waals surface area contributed by atoms with Gasteiger partial charge in [-0.25, -0.2) is 4.68 Å². The Kier molecular flexibility index (Phi) is 3.91. The number of carbonyl (C=O) groups is 2. The predicted molar refractivity (Wildman–Crippen MR) is 64.8 cm³/mol. The molecule has 0 spiro atoms. The van der Waals surface area contributed by atoms with Crippen LogP contribution in [0, 0.1) is 0 Å². The molecule has 1 N–H and O–H groups in total. The van der Waals surface area contributed by atoms with Crippen molar-refractivity contribution in [3.63, 3.8) is 0 Å². The van der Waals surface area contributed by atoms with Crippen molar-refractivity contribution >= 4 is 17.6 Å². The molecule has 1 aliphatic heterocycles. The lowest BCUT2D eigenvalue weighted by molar-refractivity contribution is -0.131. The van der Waals surface area contributed by atoms with Gasteiger partial charge in [0.25, 0.3) is 0 Å². The zero-order valence-corrected chi connectivity index (χ0v) is 10.4. The van der Waals surface area contributed by atoms with Gasteiger partial charge in [0, 0.05) is 19.5 Å². The lowest BCUT2D eigenvalue weighted by Gasteiger charge is -2.14. The first-order valence-corrected chi connectivity index (χ1v) is 6.17. The van der Waals surface area contributed by atoms with Gasteiger partial charge in [-0.2, -0.15) is 0 Å². The largest absolute Gasteiger partial charge is 0.341 e. The molecule has 0 bridgehead atoms. The third kappa shape index (κ3) is 3.06. The number of amides is 2. The smallest absolute Gasteiger partial charge is 0.244 e. The third-order valence-corrected chi connectivity index (χ3v) is 2.88. The summed E-state index contributed by atoms with van der Waals surface area (Å²) in [5.74, 6) is 0.315. The van der Waals surface area contributed by atoms with Gasteiger partial charge in [0.15, 0.2) is 5.82 Å². The Morgan fingerprint density at radius 1 is 1.39 bits per heavy atom. The maximum Gasteiger partial charge on any atom is 0.244 e. The van der Waals surface area contributed by atoms with E-state index in [2.05, 4.69) is 15.6 Å². The third-order valence-electron chi connectivity index (χ3n) is 2.88. The summed E-state index contributed by atoms with van der Waals surface area (Å²) in [5, 5.41) is 10.2. The maximum absolute atomic E-state index is 11.9. The Bertz CT molecular complexity index is 436. The van der Waals surface area contributed by atoms with Crippen LogP contribution in [0.3, 0.4) is 0 Å². The normalized spacial score (nSPS) is 14.8. The van der Waals surface area contributed by atoms with E-state index in [-0.39, 0.29) is 18.4 Å². The molecule has 1 saturated heterocycles. The molecule has 0 unspecified atom stereocenters. The molecular weight excluding hydrogens is 234 g/mol. The van der Waals surface area contributed by atoms with Crippen molar-refractivity contribution in [2.24, 2.45) is 0 Å². The highest BCUT2D eigenvalue weighted by Gasteiger charge is 2.18. The molecule has 0 radical (unpaired) electrons. The van der Waals surface area contributed by atoms with Crippen molar-refractivity contribution in [3.05, 3.63) is 6.20 Å². The summed E-state index contributed by atoms with van der Waals surface area (Å²) in [6.07, 6.45) is 4.10. The molecule has 7 nitrogen and oxygen atoms in total. The Labute approximate surface area is 105 Å². The van der Waals surface area contributed by atoms with Gasteiger partial charge in [-0.05, 0) is 12.8 Å². The molecule has 0 saturated carbocycles. The average Bonchev–Trinajstić information content (AvgIpc) is 3.00. The summed E-state index contributed by atoms with van der Waals surface area (Å²) >= 11 is 0. The molecule has 2 amide bonds. The van der Waals surface area contributed by atoms with Crippen molar-refractivity contribution in [1.82, 2.24) is 19.9 Å². The minimum absolute atomic E-state index is 0.0470. The molecule has 0 atom stereocenters. The molecule has 1 aromatic heterocycles. The molecule has 1 aliphatic rings. The van der Waals surface area contributed by atoms with Crippen LogP contribution in [0.15, 0.2) is 6.20 Å². The Morgan fingerprint density at radius 2 is 2.11 bits per heavy atom. The van der Waals surface area contributed by atoms with E-state index in [1.807, 2.05) is 4.90 Å². The lowest BCUT2D eigenvalue weighted by Crippen LogP contribution is -2.31. The van der Waals surface area contributed by atoms with Crippen LogP contribution in [-0.4, -0.2) is 44.8 Å². The number of hydrogen-bond donors (Lipinski definition) is 1. The van der Waals surface area contributed by atoms with E-state index >= 15 is 0 Å². The number of likely N-dealkylation sites (tertiary alicyclic amines) is 1. The quantitative estimate of drug-likeness (QED) is 0.831. The molecule has 0 aliphatic carbocycles. The van der Waals surface area contributed by atoms with E-state index in [0.29, 0.717) is 12.2 Å². The molecule has 18 heavy (non-hydrogen) atoms. The van der Waals surface area contributed by atoms with Gasteiger partial charge < -0.3 is 10.2 Å². The van der Waals surface area contributed by atoms with Crippen molar-refractivity contribution in [1.29, 1.82) is 0 Å². The number of aromatic nitrogens is 3. The zero-order chi connectivity index (χ0) is 13.0. The summed E-state index contributed by atoms with van der Waals surface area (Å²) in [6, 6.07) is 0. The first kappa shape index (κ1) is 12.5. The number of nitrogens with one attached hydrogen (secondary N) is 1. The topological polar surface area (TPSA) is 80.1 Å². The first-order valence-electron chi connectivity index (χ1n) is 6.17. The van der Waals surface area contributed by atoms with E-state index in [1.165, 1.54) is 4.68 Å². The SMILES string of the molecule is CCC(=O)Nc1cn(CC(=O)N2CCCC2)nn1. The van der Waals surface area contributed by atoms with Crippen LogP contribution >= 0.6 is 0 Å². The second-order valence-corrected chi connectivity index (χ2v) is 4.29. The highest BCUT2D eigenvalue weighted by molar-refractivity contribution is 5.89. The highest BCUT2D eigenvalue weighted by atomic mass is 16.2. The molecule has 0 aromatic carbocycles. The van der Waals surface area contributed by atoms with Crippen LogP contribution in [0.2, 0.25) is 0 Å². The molecule has 1 aromatic rings. The standard InChI is InChI=1S/C11H17N5O2/c1-2-10(17)12-9-7-16(14-13-9)8-11(18)15-5-3-4-6-15/h7H,2-6,8H2,1H3,(H,12,17). The van der Waals surface area contributed by atoms with Crippen LogP contribution in [0.1, 0.15) is 26.2 Å². The van der Waals surface area contributed by atoms with Crippen LogP contribution in [0.4, 0.5) is 5.82 Å². The molecule has 2 rings (SSSR count). The number of nitrogens with zero attached hydrogens (tertiary/aromatic N) is 4. The van der Waals surface area contributed by atoms with E-state index in [4.69, 9.17) is 0 Å². The minimum Gasteiger partial charge on any atom is -0.341 e. The second kappa shape index (κ2) is 5.61. The fourth-order valence-corrected chi connectivity index (χ4v) is 1.87. The van der Waals surface area contributed by atoms with Crippen molar-refractivity contribution < 1.29 is 9.59 Å². The number of carbonyl (C=O) groups excluding carboxylic acids is 2. The fourth-order valence-electron chi connectivity index (χ4n) is 1.87. The predicted octanol–water partition coefficient (Wildman–Crippen LogP) is 0.249. The van der Waals surface area contributed by atoms with Gasteiger partial charge in [-0.1, -0.05) is 12.1 Å². The van der Waals surface area contributed by atoms with E-state index in [1.54, 1.807) is 13.1 Å². The molecule has 7 heteroatoms. The zero-order valence-electron chi connectivity index (χ0n) is 10.4. The van der Waals surface area contributed by atoms with E-state index in [0.717, 1.165) is 25.9 Å². The monoisotopic (exact) mass is 251 g/mol. The van der Waals surface area contributed by atoms with Gasteiger partial charge in [-0.3, -0.25) is 9.59 Å². The molecule has 98 valence electrons. The molecule has 2 heterocycles. The van der Waals surface area contributed by atoms with Gasteiger partial charge >= 0.3 is 0 Å². The van der Waals surface area contributed by atoms with Gasteiger partial charge in [0.1, 0.15) is 6.54 Å². The van der Waals surface area contributed by atoms with Gasteiger partial charge in [0.05, 0.1) is 6.20 Å². The van der Waals surface area contributed by atoms with Crippen LogP contribution in [0.25, 0.3) is 0 Å². The van der Waals surface area contributed by atoms with E-state index in [9.17, 15) is 9.59 Å². The summed E-state index contributed by atoms with van der Waals surface area (Å²) in [4.78, 5) is 24.8. The Balaban J connectivity index is 1.89. The number of hydrogen-bond acceptors (Lipinski definition) is 4. The molecule has 1 fully saturated rings. The van der Waals surface area contributed by atoms with Crippen LogP contribution < -0.4 is 5.32 Å². The number of rotatable bonds is 4. The summed E-state index contributed by atoms with van der Waals surface area (Å²) < 4.78 is 1.45. The first-order chi connectivity index (χ1) is 8.69. The van der Waals surface area contributed by atoms with Crippen molar-refractivity contribution in [2.75, 3.05) is 18.4 Å². The van der Waals surface area contributed by atoms with Crippen LogP contribution in [-0.2, 0) is 16.1 Å². The minimum atomic E-state index is -0.118. The number of anilines is 1. The lowest BCUT2D eigenvalue weighted by atomic mass is 10.4. The Hall–Kier alpha value is -1.92. The second-order valence-electron chi connectivity index (χ2n) is 4.29. The molecular formula is C11H17N5O2.